The maximum Gasteiger partial charge on any atom is 0.227 e. The summed E-state index contributed by atoms with van der Waals surface area (Å²) in [6.45, 7) is 5.63. The Balaban J connectivity index is 1.54. The Labute approximate surface area is 148 Å². The van der Waals surface area contributed by atoms with Crippen molar-refractivity contribution in [3.63, 3.8) is 0 Å². The lowest BCUT2D eigenvalue weighted by atomic mass is 9.80. The highest BCUT2D eigenvalue weighted by molar-refractivity contribution is 5.79. The Morgan fingerprint density at radius 1 is 1.40 bits per heavy atom. The minimum Gasteiger partial charge on any atom is -0.341 e. The molecule has 0 radical (unpaired) electrons. The van der Waals surface area contributed by atoms with Gasteiger partial charge in [-0.3, -0.25) is 4.79 Å². The number of fused-ring (bicyclic) bond motifs is 1. The van der Waals surface area contributed by atoms with Crippen molar-refractivity contribution < 1.29 is 9.32 Å². The predicted octanol–water partition coefficient (Wildman–Crippen LogP) is 3.06. The Bertz CT molecular complexity index is 785. The molecule has 1 aliphatic heterocycles. The normalized spacial score (nSPS) is 25.4. The van der Waals surface area contributed by atoms with Gasteiger partial charge in [-0.1, -0.05) is 42.8 Å². The highest BCUT2D eigenvalue weighted by Gasteiger charge is 2.54. The standard InChI is InChI=1S/C20H25N3O2/c1-3-17-21-19(22-25-17)20-10-6-9-16(20)12-23(13-20)18(24)11-15-8-5-4-7-14(15)2/h4-5,7-8,16H,3,6,9-13H2,1-2H3/t16-,20-/m1/s1. The monoisotopic (exact) mass is 339 g/mol. The molecule has 2 heterocycles. The molecular weight excluding hydrogens is 314 g/mol. The number of hydrogen-bond acceptors (Lipinski definition) is 4. The highest BCUT2D eigenvalue weighted by atomic mass is 16.5. The predicted molar refractivity (Wildman–Crippen MR) is 94.2 cm³/mol. The van der Waals surface area contributed by atoms with E-state index in [4.69, 9.17) is 4.52 Å². The van der Waals surface area contributed by atoms with E-state index in [9.17, 15) is 4.79 Å². The molecule has 2 atom stereocenters. The van der Waals surface area contributed by atoms with Gasteiger partial charge in [-0.05, 0) is 36.8 Å². The van der Waals surface area contributed by atoms with Crippen molar-refractivity contribution in [2.75, 3.05) is 13.1 Å². The van der Waals surface area contributed by atoms with Crippen LogP contribution in [0.3, 0.4) is 0 Å². The molecule has 5 heteroatoms. The summed E-state index contributed by atoms with van der Waals surface area (Å²) in [5, 5.41) is 4.27. The molecule has 1 aromatic heterocycles. The maximum atomic E-state index is 12.9. The van der Waals surface area contributed by atoms with E-state index in [1.165, 1.54) is 12.0 Å². The molecular formula is C20H25N3O2. The van der Waals surface area contributed by atoms with Gasteiger partial charge in [0.2, 0.25) is 11.8 Å². The van der Waals surface area contributed by atoms with Crippen molar-refractivity contribution in [3.05, 3.63) is 47.1 Å². The molecule has 25 heavy (non-hydrogen) atoms. The van der Waals surface area contributed by atoms with Crippen LogP contribution in [-0.2, 0) is 23.1 Å². The van der Waals surface area contributed by atoms with Crippen LogP contribution in [0, 0.1) is 12.8 Å². The smallest absolute Gasteiger partial charge is 0.227 e. The number of amides is 1. The number of nitrogens with zero attached hydrogens (tertiary/aromatic N) is 3. The van der Waals surface area contributed by atoms with Gasteiger partial charge in [0.25, 0.3) is 0 Å². The molecule has 1 saturated heterocycles. The zero-order chi connectivity index (χ0) is 17.4. The molecule has 4 rings (SSSR count). The van der Waals surface area contributed by atoms with Crippen molar-refractivity contribution in [2.45, 2.75) is 51.4 Å². The molecule has 1 aromatic carbocycles. The van der Waals surface area contributed by atoms with Crippen molar-refractivity contribution in [1.29, 1.82) is 0 Å². The van der Waals surface area contributed by atoms with Crippen LogP contribution in [0.25, 0.3) is 0 Å². The van der Waals surface area contributed by atoms with Gasteiger partial charge in [0, 0.05) is 19.5 Å². The van der Waals surface area contributed by atoms with Crippen LogP contribution in [-0.4, -0.2) is 34.0 Å². The minimum atomic E-state index is -0.0989. The number of likely N-dealkylation sites (tertiary alicyclic amines) is 1. The fourth-order valence-corrected chi connectivity index (χ4v) is 4.53. The van der Waals surface area contributed by atoms with E-state index in [0.717, 1.165) is 43.7 Å². The Morgan fingerprint density at radius 2 is 2.24 bits per heavy atom. The van der Waals surface area contributed by atoms with Crippen molar-refractivity contribution >= 4 is 5.91 Å². The number of aromatic nitrogens is 2. The lowest BCUT2D eigenvalue weighted by Gasteiger charge is -2.24. The van der Waals surface area contributed by atoms with E-state index in [1.807, 2.05) is 30.0 Å². The second kappa shape index (κ2) is 6.28. The van der Waals surface area contributed by atoms with Gasteiger partial charge < -0.3 is 9.42 Å². The number of carbonyl (C=O) groups is 1. The molecule has 0 bridgehead atoms. The van der Waals surface area contributed by atoms with Crippen molar-refractivity contribution in [1.82, 2.24) is 15.0 Å². The average molecular weight is 339 g/mol. The SMILES string of the molecule is CCc1nc([C@@]23CCC[C@@H]2CN(C(=O)Cc2ccccc2C)C3)no1. The van der Waals surface area contributed by atoms with Crippen LogP contribution < -0.4 is 0 Å². The van der Waals surface area contributed by atoms with Crippen molar-refractivity contribution in [3.8, 4) is 0 Å². The van der Waals surface area contributed by atoms with Gasteiger partial charge in [-0.25, -0.2) is 0 Å². The van der Waals surface area contributed by atoms with Gasteiger partial charge in [0.15, 0.2) is 5.82 Å². The summed E-state index contributed by atoms with van der Waals surface area (Å²) >= 11 is 0. The van der Waals surface area contributed by atoms with Crippen LogP contribution in [0.5, 0.6) is 0 Å². The molecule has 1 amide bonds. The third kappa shape index (κ3) is 2.75. The molecule has 0 N–H and O–H groups in total. The summed E-state index contributed by atoms with van der Waals surface area (Å²) in [6, 6.07) is 8.13. The van der Waals surface area contributed by atoms with E-state index in [0.29, 0.717) is 18.2 Å². The number of benzene rings is 1. The molecule has 1 saturated carbocycles. The van der Waals surface area contributed by atoms with Gasteiger partial charge in [-0.15, -0.1) is 0 Å². The Morgan fingerprint density at radius 3 is 3.00 bits per heavy atom. The van der Waals surface area contributed by atoms with Crippen LogP contribution in [0.2, 0.25) is 0 Å². The van der Waals surface area contributed by atoms with Crippen LogP contribution in [0.15, 0.2) is 28.8 Å². The van der Waals surface area contributed by atoms with Gasteiger partial charge >= 0.3 is 0 Å². The second-order valence-electron chi connectivity index (χ2n) is 7.49. The van der Waals surface area contributed by atoms with Crippen LogP contribution in [0.4, 0.5) is 0 Å². The summed E-state index contributed by atoms with van der Waals surface area (Å²) in [7, 11) is 0. The van der Waals surface area contributed by atoms with Gasteiger partial charge in [0.1, 0.15) is 0 Å². The quantitative estimate of drug-likeness (QED) is 0.859. The number of aryl methyl sites for hydroxylation is 2. The average Bonchev–Trinajstić information content (AvgIpc) is 3.30. The summed E-state index contributed by atoms with van der Waals surface area (Å²) in [6.07, 6.45) is 4.60. The van der Waals surface area contributed by atoms with Gasteiger partial charge in [-0.2, -0.15) is 4.98 Å². The summed E-state index contributed by atoms with van der Waals surface area (Å²) in [4.78, 5) is 19.5. The minimum absolute atomic E-state index is 0.0989. The maximum absolute atomic E-state index is 12.9. The molecule has 2 fully saturated rings. The highest BCUT2D eigenvalue weighted by Crippen LogP contribution is 2.49. The molecule has 132 valence electrons. The second-order valence-corrected chi connectivity index (χ2v) is 7.49. The summed E-state index contributed by atoms with van der Waals surface area (Å²) in [5.41, 5.74) is 2.19. The lowest BCUT2D eigenvalue weighted by Crippen LogP contribution is -2.36. The van der Waals surface area contributed by atoms with E-state index in [1.54, 1.807) is 0 Å². The number of carbonyl (C=O) groups excluding carboxylic acids is 1. The van der Waals surface area contributed by atoms with E-state index >= 15 is 0 Å². The zero-order valence-electron chi connectivity index (χ0n) is 15.0. The Hall–Kier alpha value is -2.17. The summed E-state index contributed by atoms with van der Waals surface area (Å²) in [5.74, 6) is 2.18. The van der Waals surface area contributed by atoms with E-state index < -0.39 is 0 Å². The fourth-order valence-electron chi connectivity index (χ4n) is 4.53. The molecule has 5 nitrogen and oxygen atoms in total. The molecule has 2 aliphatic rings. The topological polar surface area (TPSA) is 59.2 Å². The first-order valence-electron chi connectivity index (χ1n) is 9.28. The first kappa shape index (κ1) is 16.3. The number of rotatable bonds is 4. The van der Waals surface area contributed by atoms with Crippen LogP contribution >= 0.6 is 0 Å². The first-order chi connectivity index (χ1) is 12.1. The zero-order valence-corrected chi connectivity index (χ0v) is 15.0. The largest absolute Gasteiger partial charge is 0.341 e. The van der Waals surface area contributed by atoms with Crippen molar-refractivity contribution in [2.24, 2.45) is 5.92 Å². The third-order valence-corrected chi connectivity index (χ3v) is 6.04. The van der Waals surface area contributed by atoms with E-state index in [-0.39, 0.29) is 11.3 Å². The molecule has 0 unspecified atom stereocenters. The molecule has 1 aliphatic carbocycles. The first-order valence-corrected chi connectivity index (χ1v) is 9.28. The van der Waals surface area contributed by atoms with Crippen LogP contribution in [0.1, 0.15) is 49.0 Å². The third-order valence-electron chi connectivity index (χ3n) is 6.04. The molecule has 2 aromatic rings. The van der Waals surface area contributed by atoms with Gasteiger partial charge in [0.05, 0.1) is 11.8 Å². The summed E-state index contributed by atoms with van der Waals surface area (Å²) < 4.78 is 5.37. The van der Waals surface area contributed by atoms with E-state index in [2.05, 4.69) is 23.1 Å². The fraction of sp³-hybridized carbons (Fsp3) is 0.550. The Kier molecular flexibility index (Phi) is 4.10. The molecule has 0 spiro atoms. The number of hydrogen-bond donors (Lipinski definition) is 0. The lowest BCUT2D eigenvalue weighted by molar-refractivity contribution is -0.129.